The van der Waals surface area contributed by atoms with Gasteiger partial charge in [0.2, 0.25) is 0 Å². The summed E-state index contributed by atoms with van der Waals surface area (Å²) in [6.45, 7) is 0. The summed E-state index contributed by atoms with van der Waals surface area (Å²) in [5.41, 5.74) is 7.39. The topological polar surface area (TPSA) is 38.0 Å². The number of nitrogens with two attached hydrogens (primary N) is 1. The lowest BCUT2D eigenvalue weighted by Crippen LogP contribution is -2.18. The van der Waals surface area contributed by atoms with E-state index in [1.54, 1.807) is 0 Å². The van der Waals surface area contributed by atoms with Gasteiger partial charge in [-0.2, -0.15) is 0 Å². The Labute approximate surface area is 100 Å². The van der Waals surface area contributed by atoms with E-state index in [0.717, 1.165) is 17.7 Å². The number of allylic oxidation sites excluding steroid dienone is 1. The monoisotopic (exact) mass is 240 g/mol. The van der Waals surface area contributed by atoms with Crippen molar-refractivity contribution >= 4 is 40.7 Å². The highest BCUT2D eigenvalue weighted by molar-refractivity contribution is 7.80. The van der Waals surface area contributed by atoms with Crippen LogP contribution in [0, 0.1) is 0 Å². The van der Waals surface area contributed by atoms with Crippen molar-refractivity contribution in [2.75, 3.05) is 11.2 Å². The van der Waals surface area contributed by atoms with Gasteiger partial charge in [0.25, 0.3) is 0 Å². The zero-order valence-corrected chi connectivity index (χ0v) is 9.81. The first-order chi connectivity index (χ1) is 7.22. The second kappa shape index (κ2) is 6.43. The predicted octanol–water partition coefficient (Wildman–Crippen LogP) is 2.98. The van der Waals surface area contributed by atoms with Crippen LogP contribution in [0.5, 0.6) is 0 Å². The minimum atomic E-state index is 0.278. The van der Waals surface area contributed by atoms with Crippen molar-refractivity contribution in [3.63, 3.8) is 0 Å². The summed E-state index contributed by atoms with van der Waals surface area (Å²) in [6, 6.07) is 7.84. The Balaban J connectivity index is 2.60. The van der Waals surface area contributed by atoms with E-state index in [2.05, 4.69) is 5.32 Å². The molecule has 0 aliphatic rings. The number of halogens is 1. The summed E-state index contributed by atoms with van der Waals surface area (Å²) < 4.78 is 0. The first-order valence-electron chi connectivity index (χ1n) is 4.61. The van der Waals surface area contributed by atoms with Crippen LogP contribution >= 0.6 is 23.8 Å². The van der Waals surface area contributed by atoms with Crippen molar-refractivity contribution in [1.82, 2.24) is 0 Å². The van der Waals surface area contributed by atoms with E-state index in [0.29, 0.717) is 5.88 Å². The first-order valence-corrected chi connectivity index (χ1v) is 5.55. The maximum atomic E-state index is 5.56. The molecule has 3 N–H and O–H groups in total. The summed E-state index contributed by atoms with van der Waals surface area (Å²) in [6.07, 6.45) is 4.96. The van der Waals surface area contributed by atoms with Crippen LogP contribution in [0.4, 0.5) is 5.69 Å². The number of benzene rings is 1. The Kier molecular flexibility index (Phi) is 5.15. The lowest BCUT2D eigenvalue weighted by molar-refractivity contribution is 1.24. The fourth-order valence-corrected chi connectivity index (χ4v) is 1.35. The number of rotatable bonds is 4. The maximum absolute atomic E-state index is 5.56. The number of alkyl halides is 1. The Hall–Kier alpha value is -1.06. The van der Waals surface area contributed by atoms with Gasteiger partial charge in [-0.15, -0.1) is 11.6 Å². The number of anilines is 1. The highest BCUT2D eigenvalue weighted by atomic mass is 35.5. The highest BCUT2D eigenvalue weighted by Crippen LogP contribution is 2.10. The van der Waals surface area contributed by atoms with Gasteiger partial charge in [-0.1, -0.05) is 24.3 Å². The van der Waals surface area contributed by atoms with E-state index in [1.165, 1.54) is 0 Å². The molecule has 0 spiro atoms. The normalized spacial score (nSPS) is 10.5. The van der Waals surface area contributed by atoms with Crippen molar-refractivity contribution in [2.45, 2.75) is 6.42 Å². The van der Waals surface area contributed by atoms with Gasteiger partial charge in [0.15, 0.2) is 5.11 Å². The number of hydrogen-bond donors (Lipinski definition) is 2. The number of thiocarbonyl (C=S) groups is 1. The van der Waals surface area contributed by atoms with Crippen LogP contribution in [0.1, 0.15) is 12.0 Å². The molecule has 0 amide bonds. The van der Waals surface area contributed by atoms with E-state index in [-0.39, 0.29) is 5.11 Å². The van der Waals surface area contributed by atoms with E-state index >= 15 is 0 Å². The van der Waals surface area contributed by atoms with Crippen molar-refractivity contribution in [1.29, 1.82) is 0 Å². The summed E-state index contributed by atoms with van der Waals surface area (Å²) >= 11 is 10.3. The standard InChI is InChI=1S/C11H13ClN2S/c12-8-2-1-3-9-4-6-10(7-5-9)14-11(13)15/h1,3-7H,2,8H2,(H3,13,14,15). The Bertz CT molecular complexity index is 346. The zero-order chi connectivity index (χ0) is 11.1. The van der Waals surface area contributed by atoms with Crippen LogP contribution in [-0.4, -0.2) is 11.0 Å². The molecular weight excluding hydrogens is 228 g/mol. The van der Waals surface area contributed by atoms with Crippen molar-refractivity contribution < 1.29 is 0 Å². The third-order valence-corrected chi connectivity index (χ3v) is 2.08. The van der Waals surface area contributed by atoms with Crippen molar-refractivity contribution in [3.05, 3.63) is 35.9 Å². The Morgan fingerprint density at radius 2 is 2.07 bits per heavy atom. The zero-order valence-electron chi connectivity index (χ0n) is 8.24. The van der Waals surface area contributed by atoms with Crippen LogP contribution in [0.25, 0.3) is 6.08 Å². The van der Waals surface area contributed by atoms with E-state index in [9.17, 15) is 0 Å². The largest absolute Gasteiger partial charge is 0.376 e. The van der Waals surface area contributed by atoms with E-state index < -0.39 is 0 Å². The molecule has 0 radical (unpaired) electrons. The molecule has 0 bridgehead atoms. The molecule has 1 rings (SSSR count). The second-order valence-electron chi connectivity index (χ2n) is 2.99. The predicted molar refractivity (Wildman–Crippen MR) is 71.2 cm³/mol. The quantitative estimate of drug-likeness (QED) is 0.628. The fraction of sp³-hybridized carbons (Fsp3) is 0.182. The second-order valence-corrected chi connectivity index (χ2v) is 3.81. The SMILES string of the molecule is NC(=S)Nc1ccc(C=CCCCl)cc1. The van der Waals surface area contributed by atoms with Gasteiger partial charge >= 0.3 is 0 Å². The molecular formula is C11H13ClN2S. The smallest absolute Gasteiger partial charge is 0.168 e. The fourth-order valence-electron chi connectivity index (χ4n) is 1.10. The highest BCUT2D eigenvalue weighted by Gasteiger charge is 1.92. The minimum Gasteiger partial charge on any atom is -0.376 e. The van der Waals surface area contributed by atoms with Crippen molar-refractivity contribution in [3.8, 4) is 0 Å². The van der Waals surface area contributed by atoms with Gasteiger partial charge in [-0.05, 0) is 36.3 Å². The molecule has 0 atom stereocenters. The molecule has 2 nitrogen and oxygen atoms in total. The van der Waals surface area contributed by atoms with Crippen LogP contribution < -0.4 is 11.1 Å². The first kappa shape index (κ1) is 12.0. The van der Waals surface area contributed by atoms with Crippen LogP contribution in [0.2, 0.25) is 0 Å². The average molecular weight is 241 g/mol. The van der Waals surface area contributed by atoms with E-state index in [4.69, 9.17) is 29.6 Å². The molecule has 0 aliphatic heterocycles. The summed E-state index contributed by atoms with van der Waals surface area (Å²) in [4.78, 5) is 0. The maximum Gasteiger partial charge on any atom is 0.168 e. The molecule has 0 fully saturated rings. The summed E-state index contributed by atoms with van der Waals surface area (Å²) in [5.74, 6) is 0.650. The van der Waals surface area contributed by atoms with Crippen LogP contribution in [-0.2, 0) is 0 Å². The molecule has 0 saturated heterocycles. The van der Waals surface area contributed by atoms with Crippen LogP contribution in [0.3, 0.4) is 0 Å². The van der Waals surface area contributed by atoms with Gasteiger partial charge in [0.1, 0.15) is 0 Å². The molecule has 0 aromatic heterocycles. The molecule has 4 heteroatoms. The van der Waals surface area contributed by atoms with Gasteiger partial charge in [0, 0.05) is 11.6 Å². The molecule has 80 valence electrons. The summed E-state index contributed by atoms with van der Waals surface area (Å²) in [7, 11) is 0. The van der Waals surface area contributed by atoms with Gasteiger partial charge in [0.05, 0.1) is 0 Å². The lowest BCUT2D eigenvalue weighted by atomic mass is 10.2. The van der Waals surface area contributed by atoms with Crippen LogP contribution in [0.15, 0.2) is 30.3 Å². The van der Waals surface area contributed by atoms with Gasteiger partial charge in [-0.3, -0.25) is 0 Å². The molecule has 0 unspecified atom stereocenters. The molecule has 1 aromatic rings. The Morgan fingerprint density at radius 1 is 1.40 bits per heavy atom. The third-order valence-electron chi connectivity index (χ3n) is 1.76. The number of hydrogen-bond acceptors (Lipinski definition) is 1. The Morgan fingerprint density at radius 3 is 2.60 bits per heavy atom. The van der Waals surface area contributed by atoms with Gasteiger partial charge < -0.3 is 11.1 Å². The molecule has 0 saturated carbocycles. The lowest BCUT2D eigenvalue weighted by Gasteiger charge is -2.03. The van der Waals surface area contributed by atoms with E-state index in [1.807, 2.05) is 36.4 Å². The van der Waals surface area contributed by atoms with Crippen molar-refractivity contribution in [2.24, 2.45) is 5.73 Å². The third kappa shape index (κ3) is 4.81. The molecule has 1 aromatic carbocycles. The average Bonchev–Trinajstić information content (AvgIpc) is 2.20. The molecule has 0 heterocycles. The molecule has 15 heavy (non-hydrogen) atoms. The number of nitrogens with one attached hydrogen (secondary N) is 1. The molecule has 0 aliphatic carbocycles. The summed E-state index contributed by atoms with van der Waals surface area (Å²) in [5, 5.41) is 3.14. The minimum absolute atomic E-state index is 0.278. The van der Waals surface area contributed by atoms with Gasteiger partial charge in [-0.25, -0.2) is 0 Å².